The minimum absolute atomic E-state index is 0.719. The molecule has 0 radical (unpaired) electrons. The average Bonchev–Trinajstić information content (AvgIpc) is 2.98. The molecule has 0 spiro atoms. The Kier molecular flexibility index (Phi) is 5.24. The molecule has 1 aliphatic rings. The van der Waals surface area contributed by atoms with E-state index >= 15 is 0 Å². The lowest BCUT2D eigenvalue weighted by atomic mass is 9.99. The van der Waals surface area contributed by atoms with Crippen molar-refractivity contribution in [2.45, 2.75) is 65.0 Å². The van der Waals surface area contributed by atoms with Crippen LogP contribution < -0.4 is 5.32 Å². The first-order valence-electron chi connectivity index (χ1n) is 7.58. The van der Waals surface area contributed by atoms with Gasteiger partial charge in [-0.2, -0.15) is 0 Å². The zero-order valence-corrected chi connectivity index (χ0v) is 11.9. The molecule has 3 heteroatoms. The second kappa shape index (κ2) is 6.93. The first-order chi connectivity index (χ1) is 8.85. The molecule has 2 rings (SSSR count). The van der Waals surface area contributed by atoms with Crippen molar-refractivity contribution in [3.8, 4) is 0 Å². The van der Waals surface area contributed by atoms with Gasteiger partial charge in [0, 0.05) is 31.4 Å². The van der Waals surface area contributed by atoms with Gasteiger partial charge in [0.1, 0.15) is 5.82 Å². The minimum Gasteiger partial charge on any atom is -0.335 e. The van der Waals surface area contributed by atoms with Crippen molar-refractivity contribution in [3.05, 3.63) is 18.2 Å². The van der Waals surface area contributed by atoms with E-state index in [1.54, 1.807) is 0 Å². The summed E-state index contributed by atoms with van der Waals surface area (Å²) in [6, 6.07) is 0.719. The van der Waals surface area contributed by atoms with Crippen molar-refractivity contribution >= 4 is 0 Å². The van der Waals surface area contributed by atoms with Crippen molar-refractivity contribution in [1.29, 1.82) is 0 Å². The van der Waals surface area contributed by atoms with Crippen molar-refractivity contribution < 1.29 is 0 Å². The summed E-state index contributed by atoms with van der Waals surface area (Å²) in [5.74, 6) is 2.07. The zero-order chi connectivity index (χ0) is 12.8. The van der Waals surface area contributed by atoms with E-state index < -0.39 is 0 Å². The summed E-state index contributed by atoms with van der Waals surface area (Å²) in [4.78, 5) is 4.55. The standard InChI is InChI=1S/C15H27N3/c1-3-8-16-14-7-5-6-13(14)12-15-17-9-11-18(15)10-4-2/h9,11,13-14,16H,3-8,10,12H2,1-2H3. The van der Waals surface area contributed by atoms with Crippen molar-refractivity contribution in [2.75, 3.05) is 6.54 Å². The van der Waals surface area contributed by atoms with Gasteiger partial charge >= 0.3 is 0 Å². The third-order valence-corrected chi connectivity index (χ3v) is 4.03. The van der Waals surface area contributed by atoms with E-state index in [0.29, 0.717) is 0 Å². The first-order valence-corrected chi connectivity index (χ1v) is 7.58. The number of aryl methyl sites for hydroxylation is 1. The van der Waals surface area contributed by atoms with Gasteiger partial charge in [-0.05, 0) is 38.1 Å². The molecule has 1 aliphatic carbocycles. The van der Waals surface area contributed by atoms with Crippen LogP contribution in [0, 0.1) is 5.92 Å². The summed E-state index contributed by atoms with van der Waals surface area (Å²) in [7, 11) is 0. The molecule has 2 atom stereocenters. The minimum atomic E-state index is 0.719. The number of imidazole rings is 1. The highest BCUT2D eigenvalue weighted by Gasteiger charge is 2.27. The Hall–Kier alpha value is -0.830. The first kappa shape index (κ1) is 13.6. The molecule has 1 aromatic rings. The molecular weight excluding hydrogens is 222 g/mol. The summed E-state index contributed by atoms with van der Waals surface area (Å²) in [5, 5.41) is 3.71. The van der Waals surface area contributed by atoms with Crippen molar-refractivity contribution in [2.24, 2.45) is 5.92 Å². The maximum atomic E-state index is 4.55. The lowest BCUT2D eigenvalue weighted by molar-refractivity contribution is 0.387. The molecule has 102 valence electrons. The molecule has 0 amide bonds. The maximum absolute atomic E-state index is 4.55. The van der Waals surface area contributed by atoms with Crippen LogP contribution in [0.4, 0.5) is 0 Å². The summed E-state index contributed by atoms with van der Waals surface area (Å²) < 4.78 is 2.33. The second-order valence-corrected chi connectivity index (χ2v) is 5.49. The van der Waals surface area contributed by atoms with Crippen LogP contribution in [0.2, 0.25) is 0 Å². The van der Waals surface area contributed by atoms with E-state index in [1.165, 1.54) is 37.9 Å². The molecular formula is C15H27N3. The van der Waals surface area contributed by atoms with Crippen LogP contribution in [-0.2, 0) is 13.0 Å². The van der Waals surface area contributed by atoms with Crippen molar-refractivity contribution in [1.82, 2.24) is 14.9 Å². The Morgan fingerprint density at radius 3 is 3.00 bits per heavy atom. The molecule has 1 heterocycles. The lowest BCUT2D eigenvalue weighted by Crippen LogP contribution is -2.34. The highest BCUT2D eigenvalue weighted by Crippen LogP contribution is 2.28. The predicted octanol–water partition coefficient (Wildman–Crippen LogP) is 3.00. The Morgan fingerprint density at radius 2 is 2.22 bits per heavy atom. The molecule has 1 saturated carbocycles. The summed E-state index contributed by atoms with van der Waals surface area (Å²) in [5.41, 5.74) is 0. The fourth-order valence-corrected chi connectivity index (χ4v) is 3.09. The van der Waals surface area contributed by atoms with Gasteiger partial charge in [0.2, 0.25) is 0 Å². The van der Waals surface area contributed by atoms with Crippen LogP contribution in [-0.4, -0.2) is 22.1 Å². The molecule has 3 nitrogen and oxygen atoms in total. The monoisotopic (exact) mass is 249 g/mol. The summed E-state index contributed by atoms with van der Waals surface area (Å²) in [6.07, 6.45) is 11.7. The maximum Gasteiger partial charge on any atom is 0.108 e. The van der Waals surface area contributed by atoms with Gasteiger partial charge in [-0.25, -0.2) is 4.98 Å². The van der Waals surface area contributed by atoms with Crippen LogP contribution in [0.5, 0.6) is 0 Å². The highest BCUT2D eigenvalue weighted by atomic mass is 15.1. The van der Waals surface area contributed by atoms with Crippen LogP contribution in [0.15, 0.2) is 12.4 Å². The fraction of sp³-hybridized carbons (Fsp3) is 0.800. The summed E-state index contributed by atoms with van der Waals surface area (Å²) >= 11 is 0. The number of hydrogen-bond donors (Lipinski definition) is 1. The van der Waals surface area contributed by atoms with Gasteiger partial charge in [0.05, 0.1) is 0 Å². The van der Waals surface area contributed by atoms with Gasteiger partial charge in [-0.1, -0.05) is 20.3 Å². The third-order valence-electron chi connectivity index (χ3n) is 4.03. The number of rotatable bonds is 7. The molecule has 0 bridgehead atoms. The Bertz CT molecular complexity index is 345. The highest BCUT2D eigenvalue weighted by molar-refractivity contribution is 4.97. The van der Waals surface area contributed by atoms with Crippen LogP contribution in [0.3, 0.4) is 0 Å². The molecule has 18 heavy (non-hydrogen) atoms. The van der Waals surface area contributed by atoms with E-state index in [-0.39, 0.29) is 0 Å². The number of aromatic nitrogens is 2. The zero-order valence-electron chi connectivity index (χ0n) is 11.9. The Labute approximate surface area is 111 Å². The lowest BCUT2D eigenvalue weighted by Gasteiger charge is -2.21. The molecule has 1 N–H and O–H groups in total. The number of nitrogens with zero attached hydrogens (tertiary/aromatic N) is 2. The largest absolute Gasteiger partial charge is 0.335 e. The van der Waals surface area contributed by atoms with Gasteiger partial charge in [0.15, 0.2) is 0 Å². The summed E-state index contributed by atoms with van der Waals surface area (Å²) in [6.45, 7) is 6.73. The van der Waals surface area contributed by atoms with E-state index in [4.69, 9.17) is 0 Å². The Morgan fingerprint density at radius 1 is 1.33 bits per heavy atom. The van der Waals surface area contributed by atoms with Crippen LogP contribution in [0.25, 0.3) is 0 Å². The number of hydrogen-bond acceptors (Lipinski definition) is 2. The van der Waals surface area contributed by atoms with E-state index in [0.717, 1.165) is 31.5 Å². The van der Waals surface area contributed by atoms with E-state index in [2.05, 4.69) is 34.9 Å². The molecule has 0 aromatic carbocycles. The molecule has 1 fully saturated rings. The number of nitrogens with one attached hydrogen (secondary N) is 1. The van der Waals surface area contributed by atoms with Gasteiger partial charge in [-0.15, -0.1) is 0 Å². The van der Waals surface area contributed by atoms with Crippen LogP contribution >= 0.6 is 0 Å². The van der Waals surface area contributed by atoms with Crippen LogP contribution in [0.1, 0.15) is 51.8 Å². The quantitative estimate of drug-likeness (QED) is 0.805. The van der Waals surface area contributed by atoms with E-state index in [9.17, 15) is 0 Å². The van der Waals surface area contributed by atoms with Gasteiger partial charge < -0.3 is 9.88 Å². The van der Waals surface area contributed by atoms with E-state index in [1.807, 2.05) is 6.20 Å². The predicted molar refractivity (Wildman–Crippen MR) is 75.6 cm³/mol. The average molecular weight is 249 g/mol. The molecule has 0 saturated heterocycles. The van der Waals surface area contributed by atoms with Gasteiger partial charge in [-0.3, -0.25) is 0 Å². The molecule has 2 unspecified atom stereocenters. The van der Waals surface area contributed by atoms with Gasteiger partial charge in [0.25, 0.3) is 0 Å². The smallest absolute Gasteiger partial charge is 0.108 e. The topological polar surface area (TPSA) is 29.9 Å². The molecule has 0 aliphatic heterocycles. The molecule has 1 aromatic heterocycles. The Balaban J connectivity index is 1.92. The SMILES string of the molecule is CCCNC1CCCC1Cc1nccn1CCC. The normalized spacial score (nSPS) is 23.7. The third kappa shape index (κ3) is 3.35. The fourth-order valence-electron chi connectivity index (χ4n) is 3.09. The van der Waals surface area contributed by atoms with Crippen molar-refractivity contribution in [3.63, 3.8) is 0 Å². The second-order valence-electron chi connectivity index (χ2n) is 5.49.